The number of carbonyl (C=O) groups is 1. The molecule has 0 amide bonds. The zero-order chi connectivity index (χ0) is 15.4. The van der Waals surface area contributed by atoms with E-state index >= 15 is 0 Å². The molecule has 108 valence electrons. The zero-order valence-electron chi connectivity index (χ0n) is 10.9. The maximum absolute atomic E-state index is 11.7. The largest absolute Gasteiger partial charge is 0.465 e. The van der Waals surface area contributed by atoms with Gasteiger partial charge >= 0.3 is 5.97 Å². The molecule has 6 nitrogen and oxygen atoms in total. The van der Waals surface area contributed by atoms with Gasteiger partial charge in [0.2, 0.25) is 0 Å². The second-order valence-corrected chi connectivity index (χ2v) is 4.42. The van der Waals surface area contributed by atoms with Crippen molar-refractivity contribution in [3.05, 3.63) is 63.2 Å². The van der Waals surface area contributed by atoms with Crippen LogP contribution in [-0.4, -0.2) is 18.0 Å². The number of rotatable bonds is 4. The molecule has 0 aliphatic rings. The summed E-state index contributed by atoms with van der Waals surface area (Å²) in [7, 11) is 1.19. The number of benzene rings is 2. The average Bonchev–Trinajstić information content (AvgIpc) is 2.49. The molecule has 0 saturated carbocycles. The van der Waals surface area contributed by atoms with Crippen LogP contribution < -0.4 is 4.74 Å². The number of nitrogens with zero attached hydrogens (tertiary/aromatic N) is 1. The van der Waals surface area contributed by atoms with Gasteiger partial charge in [0.05, 0.1) is 12.0 Å². The third-order valence-electron chi connectivity index (χ3n) is 2.62. The number of carbonyl (C=O) groups excluding carboxylic acids is 1. The number of halogens is 1. The number of ether oxygens (including phenoxy) is 2. The Balaban J connectivity index is 2.40. The lowest BCUT2D eigenvalue weighted by atomic mass is 10.2. The molecule has 0 unspecified atom stereocenters. The van der Waals surface area contributed by atoms with Gasteiger partial charge in [0.15, 0.2) is 0 Å². The van der Waals surface area contributed by atoms with Gasteiger partial charge in [-0.3, -0.25) is 10.1 Å². The number of nitro groups is 1. The van der Waals surface area contributed by atoms with Gasteiger partial charge in [-0.05, 0) is 30.3 Å². The number of non-ortho nitro benzene ring substituents is 1. The Labute approximate surface area is 125 Å². The summed E-state index contributed by atoms with van der Waals surface area (Å²) in [6, 6.07) is 10.2. The van der Waals surface area contributed by atoms with Crippen LogP contribution in [0.2, 0.25) is 5.02 Å². The molecule has 0 aliphatic carbocycles. The average molecular weight is 308 g/mol. The van der Waals surface area contributed by atoms with Gasteiger partial charge in [-0.2, -0.15) is 0 Å². The molecule has 0 aromatic heterocycles. The minimum Gasteiger partial charge on any atom is -0.465 e. The van der Waals surface area contributed by atoms with Gasteiger partial charge in [-0.25, -0.2) is 4.79 Å². The Morgan fingerprint density at radius 2 is 1.86 bits per heavy atom. The van der Waals surface area contributed by atoms with Crippen LogP contribution in [0.3, 0.4) is 0 Å². The van der Waals surface area contributed by atoms with Gasteiger partial charge in [0, 0.05) is 17.2 Å². The lowest BCUT2D eigenvalue weighted by molar-refractivity contribution is -0.384. The van der Waals surface area contributed by atoms with Crippen LogP contribution in [-0.2, 0) is 4.74 Å². The summed E-state index contributed by atoms with van der Waals surface area (Å²) >= 11 is 5.77. The molecule has 0 radical (unpaired) electrons. The van der Waals surface area contributed by atoms with Gasteiger partial charge < -0.3 is 9.47 Å². The van der Waals surface area contributed by atoms with Crippen LogP contribution >= 0.6 is 11.6 Å². The molecule has 0 saturated heterocycles. The Bertz CT molecular complexity index is 684. The third kappa shape index (κ3) is 3.49. The van der Waals surface area contributed by atoms with Crippen molar-refractivity contribution in [2.75, 3.05) is 7.11 Å². The highest BCUT2D eigenvalue weighted by atomic mass is 35.5. The molecular weight excluding hydrogens is 298 g/mol. The molecule has 2 aromatic rings. The third-order valence-corrected chi connectivity index (χ3v) is 2.87. The lowest BCUT2D eigenvalue weighted by Gasteiger charge is -2.09. The molecule has 2 rings (SSSR count). The number of hydrogen-bond acceptors (Lipinski definition) is 5. The highest BCUT2D eigenvalue weighted by molar-refractivity contribution is 6.30. The van der Waals surface area contributed by atoms with Crippen molar-refractivity contribution >= 4 is 23.3 Å². The predicted octanol–water partition coefficient (Wildman–Crippen LogP) is 3.83. The Morgan fingerprint density at radius 3 is 2.43 bits per heavy atom. The van der Waals surface area contributed by atoms with E-state index in [4.69, 9.17) is 16.3 Å². The van der Waals surface area contributed by atoms with Crippen molar-refractivity contribution < 1.29 is 19.2 Å². The summed E-state index contributed by atoms with van der Waals surface area (Å²) in [6.07, 6.45) is 0. The van der Waals surface area contributed by atoms with Crippen molar-refractivity contribution in [2.24, 2.45) is 0 Å². The minimum atomic E-state index is -0.720. The first-order valence-corrected chi connectivity index (χ1v) is 6.19. The summed E-state index contributed by atoms with van der Waals surface area (Å²) in [5.74, 6) is -0.115. The standard InChI is InChI=1S/C14H10ClNO5/c1-20-14(17)12-8-10(16(18)19)4-7-13(12)21-11-5-2-9(15)3-6-11/h2-8H,1H3. The van der Waals surface area contributed by atoms with E-state index in [1.807, 2.05) is 0 Å². The van der Waals surface area contributed by atoms with Crippen LogP contribution in [0, 0.1) is 10.1 Å². The Kier molecular flexibility index (Phi) is 4.39. The fourth-order valence-electron chi connectivity index (χ4n) is 1.62. The fourth-order valence-corrected chi connectivity index (χ4v) is 1.75. The molecule has 0 heterocycles. The second kappa shape index (κ2) is 6.23. The van der Waals surface area contributed by atoms with Crippen molar-refractivity contribution in [1.29, 1.82) is 0 Å². The molecule has 0 fully saturated rings. The maximum atomic E-state index is 11.7. The van der Waals surface area contributed by atoms with Gasteiger partial charge in [0.1, 0.15) is 17.1 Å². The predicted molar refractivity (Wildman–Crippen MR) is 76.0 cm³/mol. The summed E-state index contributed by atoms with van der Waals surface area (Å²) in [4.78, 5) is 21.9. The van der Waals surface area contributed by atoms with E-state index in [9.17, 15) is 14.9 Å². The van der Waals surface area contributed by atoms with E-state index in [2.05, 4.69) is 4.74 Å². The van der Waals surface area contributed by atoms with Crippen molar-refractivity contribution in [3.8, 4) is 11.5 Å². The molecule has 21 heavy (non-hydrogen) atoms. The van der Waals surface area contributed by atoms with Gasteiger partial charge in [-0.15, -0.1) is 0 Å². The summed E-state index contributed by atoms with van der Waals surface area (Å²) in [6.45, 7) is 0. The van der Waals surface area contributed by atoms with Crippen LogP contribution in [0.5, 0.6) is 11.5 Å². The van der Waals surface area contributed by atoms with Crippen molar-refractivity contribution in [3.63, 3.8) is 0 Å². The SMILES string of the molecule is COC(=O)c1cc([N+](=O)[O-])ccc1Oc1ccc(Cl)cc1. The number of nitro benzene ring substituents is 1. The molecule has 7 heteroatoms. The molecule has 0 N–H and O–H groups in total. The first-order chi connectivity index (χ1) is 10.0. The Hall–Kier alpha value is -2.60. The fraction of sp³-hybridized carbons (Fsp3) is 0.0714. The minimum absolute atomic E-state index is 0.0262. The van der Waals surface area contributed by atoms with E-state index in [1.54, 1.807) is 24.3 Å². The monoisotopic (exact) mass is 307 g/mol. The van der Waals surface area contributed by atoms with E-state index in [-0.39, 0.29) is 17.0 Å². The zero-order valence-corrected chi connectivity index (χ0v) is 11.7. The van der Waals surface area contributed by atoms with Crippen molar-refractivity contribution in [1.82, 2.24) is 0 Å². The van der Waals surface area contributed by atoms with Crippen LogP contribution in [0.25, 0.3) is 0 Å². The number of esters is 1. The highest BCUT2D eigenvalue weighted by Crippen LogP contribution is 2.29. The smallest absolute Gasteiger partial charge is 0.341 e. The van der Waals surface area contributed by atoms with Crippen LogP contribution in [0.15, 0.2) is 42.5 Å². The summed E-state index contributed by atoms with van der Waals surface area (Å²) in [5.41, 5.74) is -0.250. The first-order valence-electron chi connectivity index (χ1n) is 5.81. The first kappa shape index (κ1) is 14.8. The second-order valence-electron chi connectivity index (χ2n) is 3.99. The molecule has 0 spiro atoms. The highest BCUT2D eigenvalue weighted by Gasteiger charge is 2.18. The van der Waals surface area contributed by atoms with E-state index in [1.165, 1.54) is 19.2 Å². The molecular formula is C14H10ClNO5. The number of hydrogen-bond donors (Lipinski definition) is 0. The van der Waals surface area contributed by atoms with Gasteiger partial charge in [0.25, 0.3) is 5.69 Å². The maximum Gasteiger partial charge on any atom is 0.341 e. The lowest BCUT2D eigenvalue weighted by Crippen LogP contribution is -2.04. The molecule has 2 aromatic carbocycles. The van der Waals surface area contributed by atoms with E-state index < -0.39 is 10.9 Å². The van der Waals surface area contributed by atoms with E-state index in [0.717, 1.165) is 6.07 Å². The summed E-state index contributed by atoms with van der Waals surface area (Å²) in [5, 5.41) is 11.3. The Morgan fingerprint density at radius 1 is 1.19 bits per heavy atom. The molecule has 0 atom stereocenters. The van der Waals surface area contributed by atoms with Gasteiger partial charge in [-0.1, -0.05) is 11.6 Å². The quantitative estimate of drug-likeness (QED) is 0.487. The molecule has 0 aliphatic heterocycles. The summed E-state index contributed by atoms with van der Waals surface area (Å²) < 4.78 is 10.1. The van der Waals surface area contributed by atoms with Crippen LogP contribution in [0.1, 0.15) is 10.4 Å². The molecule has 0 bridgehead atoms. The van der Waals surface area contributed by atoms with Crippen molar-refractivity contribution in [2.45, 2.75) is 0 Å². The van der Waals surface area contributed by atoms with E-state index in [0.29, 0.717) is 10.8 Å². The normalized spacial score (nSPS) is 10.0. The number of methoxy groups -OCH3 is 1. The van der Waals surface area contributed by atoms with Crippen LogP contribution in [0.4, 0.5) is 5.69 Å². The topological polar surface area (TPSA) is 78.7 Å².